The Morgan fingerprint density at radius 1 is 1.27 bits per heavy atom. The molecule has 1 fully saturated rings. The summed E-state index contributed by atoms with van der Waals surface area (Å²) in [4.78, 5) is 19.7. The first-order chi connectivity index (χ1) is 10.7. The lowest BCUT2D eigenvalue weighted by Crippen LogP contribution is -2.53. The second kappa shape index (κ2) is 8.88. The molecular formula is C17H26N2O3. The minimum absolute atomic E-state index is 0.104. The van der Waals surface area contributed by atoms with Crippen molar-refractivity contribution in [3.8, 4) is 0 Å². The van der Waals surface area contributed by atoms with Crippen LogP contribution in [0.1, 0.15) is 32.3 Å². The number of benzene rings is 1. The lowest BCUT2D eigenvalue weighted by Gasteiger charge is -2.37. The van der Waals surface area contributed by atoms with Crippen LogP contribution >= 0.6 is 0 Å². The first kappa shape index (κ1) is 16.9. The fourth-order valence-corrected chi connectivity index (χ4v) is 2.81. The number of likely N-dealkylation sites (N-methyl/N-ethyl adjacent to an activating group) is 1. The summed E-state index contributed by atoms with van der Waals surface area (Å²) in [5.74, 6) is -0.104. The Labute approximate surface area is 132 Å². The normalized spacial score (nSPS) is 22.5. The predicted octanol–water partition coefficient (Wildman–Crippen LogP) is 2.12. The number of hydroxylamine groups is 1. The molecule has 1 aliphatic heterocycles. The van der Waals surface area contributed by atoms with Crippen LogP contribution in [0.3, 0.4) is 0 Å². The van der Waals surface area contributed by atoms with Crippen LogP contribution in [0.4, 0.5) is 0 Å². The number of carbonyl (C=O) groups excluding carboxylic acids is 1. The van der Waals surface area contributed by atoms with Crippen LogP contribution in [-0.4, -0.2) is 42.6 Å². The smallest absolute Gasteiger partial charge is 0.323 e. The molecule has 2 atom stereocenters. The van der Waals surface area contributed by atoms with Crippen LogP contribution in [-0.2, 0) is 21.0 Å². The van der Waals surface area contributed by atoms with Crippen molar-refractivity contribution in [2.45, 2.75) is 45.4 Å². The third-order valence-electron chi connectivity index (χ3n) is 3.98. The van der Waals surface area contributed by atoms with Gasteiger partial charge in [0.05, 0.1) is 13.2 Å². The van der Waals surface area contributed by atoms with Crippen LogP contribution in [0.5, 0.6) is 0 Å². The highest BCUT2D eigenvalue weighted by Crippen LogP contribution is 2.18. The maximum atomic E-state index is 12.0. The fourth-order valence-electron chi connectivity index (χ4n) is 2.81. The molecule has 2 rings (SSSR count). The zero-order chi connectivity index (χ0) is 15.8. The molecule has 0 saturated carbocycles. The first-order valence-electron chi connectivity index (χ1n) is 8.06. The number of hydrogen-bond acceptors (Lipinski definition) is 5. The first-order valence-corrected chi connectivity index (χ1v) is 8.06. The Balaban J connectivity index is 1.77. The largest absolute Gasteiger partial charge is 0.465 e. The molecule has 0 aromatic heterocycles. The van der Waals surface area contributed by atoms with Crippen molar-refractivity contribution in [2.75, 3.05) is 19.7 Å². The van der Waals surface area contributed by atoms with Gasteiger partial charge < -0.3 is 4.74 Å². The molecule has 1 saturated heterocycles. The average molecular weight is 306 g/mol. The van der Waals surface area contributed by atoms with Gasteiger partial charge in [0.15, 0.2) is 0 Å². The van der Waals surface area contributed by atoms with Crippen LogP contribution in [0.2, 0.25) is 0 Å². The van der Waals surface area contributed by atoms with Crippen molar-refractivity contribution in [2.24, 2.45) is 0 Å². The van der Waals surface area contributed by atoms with Crippen molar-refractivity contribution in [3.63, 3.8) is 0 Å². The molecule has 122 valence electrons. The van der Waals surface area contributed by atoms with Crippen molar-refractivity contribution in [1.82, 2.24) is 10.4 Å². The summed E-state index contributed by atoms with van der Waals surface area (Å²) in [5.41, 5.74) is 4.27. The second-order valence-electron chi connectivity index (χ2n) is 5.52. The van der Waals surface area contributed by atoms with Crippen molar-refractivity contribution in [1.29, 1.82) is 0 Å². The second-order valence-corrected chi connectivity index (χ2v) is 5.52. The number of esters is 1. The summed E-state index contributed by atoms with van der Waals surface area (Å²) in [7, 11) is 0. The molecule has 0 aliphatic carbocycles. The van der Waals surface area contributed by atoms with Crippen molar-refractivity contribution >= 4 is 5.97 Å². The van der Waals surface area contributed by atoms with Gasteiger partial charge in [0.1, 0.15) is 6.04 Å². The van der Waals surface area contributed by atoms with E-state index in [0.29, 0.717) is 13.2 Å². The number of rotatable bonds is 7. The van der Waals surface area contributed by atoms with E-state index in [4.69, 9.17) is 9.57 Å². The van der Waals surface area contributed by atoms with Gasteiger partial charge in [0.2, 0.25) is 0 Å². The highest BCUT2D eigenvalue weighted by molar-refractivity contribution is 5.75. The number of piperidine rings is 1. The molecule has 0 unspecified atom stereocenters. The monoisotopic (exact) mass is 306 g/mol. The molecule has 1 N–H and O–H groups in total. The highest BCUT2D eigenvalue weighted by Gasteiger charge is 2.33. The highest BCUT2D eigenvalue weighted by atomic mass is 16.6. The number of nitrogens with one attached hydrogen (secondary N) is 1. The molecular weight excluding hydrogens is 280 g/mol. The number of hydrogen-bond donors (Lipinski definition) is 1. The van der Waals surface area contributed by atoms with Gasteiger partial charge in [-0.15, -0.1) is 0 Å². The zero-order valence-electron chi connectivity index (χ0n) is 13.5. The standard InChI is InChI=1S/C17H26N2O3/c1-3-19-12-15(10-11-16(19)17(20)21-4-2)18-22-13-14-8-6-5-7-9-14/h5-9,15-16,18H,3-4,10-13H2,1-2H3/t15-,16-/m0/s1. The summed E-state index contributed by atoms with van der Waals surface area (Å²) in [5, 5.41) is 0. The molecule has 0 bridgehead atoms. The summed E-state index contributed by atoms with van der Waals surface area (Å²) in [6.45, 7) is 6.53. The van der Waals surface area contributed by atoms with Crippen LogP contribution < -0.4 is 5.48 Å². The molecule has 5 heteroatoms. The van der Waals surface area contributed by atoms with E-state index in [2.05, 4.69) is 17.3 Å². The number of ether oxygens (including phenoxy) is 1. The van der Waals surface area contributed by atoms with E-state index in [9.17, 15) is 4.79 Å². The third-order valence-corrected chi connectivity index (χ3v) is 3.98. The summed E-state index contributed by atoms with van der Waals surface area (Å²) in [6, 6.07) is 10.2. The van der Waals surface area contributed by atoms with E-state index in [0.717, 1.165) is 31.5 Å². The SMILES string of the molecule is CCOC(=O)[C@@H]1CC[C@H](NOCc2ccccc2)CN1CC. The minimum Gasteiger partial charge on any atom is -0.465 e. The van der Waals surface area contributed by atoms with E-state index in [1.165, 1.54) is 0 Å². The van der Waals surface area contributed by atoms with E-state index < -0.39 is 0 Å². The summed E-state index contributed by atoms with van der Waals surface area (Å²) in [6.07, 6.45) is 1.72. The molecule has 0 spiro atoms. The lowest BCUT2D eigenvalue weighted by molar-refractivity contribution is -0.151. The van der Waals surface area contributed by atoms with Gasteiger partial charge in [0.25, 0.3) is 0 Å². The van der Waals surface area contributed by atoms with Gasteiger partial charge >= 0.3 is 5.97 Å². The Morgan fingerprint density at radius 3 is 2.73 bits per heavy atom. The zero-order valence-corrected chi connectivity index (χ0v) is 13.5. The lowest BCUT2D eigenvalue weighted by atomic mass is 9.99. The molecule has 5 nitrogen and oxygen atoms in total. The minimum atomic E-state index is -0.114. The van der Waals surface area contributed by atoms with E-state index in [1.807, 2.05) is 37.3 Å². The quantitative estimate of drug-likeness (QED) is 0.618. The van der Waals surface area contributed by atoms with Crippen LogP contribution in [0.25, 0.3) is 0 Å². The van der Waals surface area contributed by atoms with E-state index >= 15 is 0 Å². The topological polar surface area (TPSA) is 50.8 Å². The van der Waals surface area contributed by atoms with Crippen LogP contribution in [0, 0.1) is 0 Å². The van der Waals surface area contributed by atoms with Gasteiger partial charge in [-0.1, -0.05) is 37.3 Å². The number of likely N-dealkylation sites (tertiary alicyclic amines) is 1. The average Bonchev–Trinajstić information content (AvgIpc) is 2.56. The summed E-state index contributed by atoms with van der Waals surface area (Å²) >= 11 is 0. The third kappa shape index (κ3) is 4.80. The van der Waals surface area contributed by atoms with E-state index in [1.54, 1.807) is 0 Å². The van der Waals surface area contributed by atoms with Gasteiger partial charge in [-0.25, -0.2) is 0 Å². The van der Waals surface area contributed by atoms with E-state index in [-0.39, 0.29) is 18.1 Å². The molecule has 1 aromatic rings. The van der Waals surface area contributed by atoms with Crippen molar-refractivity contribution < 1.29 is 14.4 Å². The molecule has 22 heavy (non-hydrogen) atoms. The van der Waals surface area contributed by atoms with Gasteiger partial charge in [0, 0.05) is 12.6 Å². The Hall–Kier alpha value is -1.43. The Bertz CT molecular complexity index is 452. The maximum absolute atomic E-state index is 12.0. The Kier molecular flexibility index (Phi) is 6.83. The molecule has 1 aliphatic rings. The maximum Gasteiger partial charge on any atom is 0.323 e. The molecule has 0 radical (unpaired) electrons. The summed E-state index contributed by atoms with van der Waals surface area (Å²) < 4.78 is 5.16. The van der Waals surface area contributed by atoms with Gasteiger partial charge in [-0.05, 0) is 31.9 Å². The predicted molar refractivity (Wildman–Crippen MR) is 85.1 cm³/mol. The van der Waals surface area contributed by atoms with Gasteiger partial charge in [-0.3, -0.25) is 14.5 Å². The van der Waals surface area contributed by atoms with Crippen LogP contribution in [0.15, 0.2) is 30.3 Å². The molecule has 0 amide bonds. The fraction of sp³-hybridized carbons (Fsp3) is 0.588. The molecule has 1 aromatic carbocycles. The van der Waals surface area contributed by atoms with Gasteiger partial charge in [-0.2, -0.15) is 5.48 Å². The Morgan fingerprint density at radius 2 is 2.05 bits per heavy atom. The number of nitrogens with zero attached hydrogens (tertiary/aromatic N) is 1. The number of carbonyl (C=O) groups is 1. The van der Waals surface area contributed by atoms with Crippen molar-refractivity contribution in [3.05, 3.63) is 35.9 Å². The molecule has 1 heterocycles.